The van der Waals surface area contributed by atoms with Crippen molar-refractivity contribution in [1.82, 2.24) is 15.1 Å². The van der Waals surface area contributed by atoms with Crippen molar-refractivity contribution in [3.05, 3.63) is 17.3 Å². The van der Waals surface area contributed by atoms with Gasteiger partial charge in [-0.2, -0.15) is 5.10 Å². The van der Waals surface area contributed by atoms with E-state index in [1.54, 1.807) is 0 Å². The molecule has 3 rings (SSSR count). The topological polar surface area (TPSA) is 78.4 Å². The van der Waals surface area contributed by atoms with Crippen molar-refractivity contribution in [1.29, 1.82) is 0 Å². The van der Waals surface area contributed by atoms with Crippen LogP contribution in [0.5, 0.6) is 0 Å². The summed E-state index contributed by atoms with van der Waals surface area (Å²) >= 11 is 0. The van der Waals surface area contributed by atoms with Crippen molar-refractivity contribution in [3.63, 3.8) is 0 Å². The third-order valence-electron chi connectivity index (χ3n) is 4.39. The maximum atomic E-state index is 12.4. The predicted molar refractivity (Wildman–Crippen MR) is 79.1 cm³/mol. The van der Waals surface area contributed by atoms with Crippen LogP contribution in [-0.2, 0) is 12.8 Å². The Kier molecular flexibility index (Phi) is 4.34. The van der Waals surface area contributed by atoms with Gasteiger partial charge in [0.15, 0.2) is 5.82 Å². The second-order valence-electron chi connectivity index (χ2n) is 5.84. The summed E-state index contributed by atoms with van der Waals surface area (Å²) in [5.74, 6) is 0.549. The number of aliphatic hydroxyl groups is 1. The lowest BCUT2D eigenvalue weighted by atomic mass is 10.1. The fourth-order valence-corrected chi connectivity index (χ4v) is 3.30. The van der Waals surface area contributed by atoms with Crippen LogP contribution in [0.4, 0.5) is 10.6 Å². The van der Waals surface area contributed by atoms with Crippen molar-refractivity contribution in [2.24, 2.45) is 0 Å². The molecule has 2 N–H and O–H groups in total. The molecule has 0 bridgehead atoms. The molecule has 1 aromatic rings. The summed E-state index contributed by atoms with van der Waals surface area (Å²) < 4.78 is 0. The highest BCUT2D eigenvalue weighted by molar-refractivity contribution is 5.88. The van der Waals surface area contributed by atoms with Crippen LogP contribution in [0.25, 0.3) is 0 Å². The lowest BCUT2D eigenvalue weighted by Crippen LogP contribution is -2.39. The standard InChI is InChI=1S/C15H22N4O2/c20-9-3-6-12-5-2-8-19(12)15(21)16-14-10-11-4-1-7-13(11)17-18-14/h10,12,20H,1-9H2,(H,16,18,21). The fourth-order valence-electron chi connectivity index (χ4n) is 3.30. The van der Waals surface area contributed by atoms with E-state index < -0.39 is 0 Å². The Balaban J connectivity index is 1.63. The second kappa shape index (κ2) is 6.39. The van der Waals surface area contributed by atoms with E-state index in [-0.39, 0.29) is 18.7 Å². The molecular formula is C15H22N4O2. The SMILES string of the molecule is O=C(Nc1cc2c(nn1)CCC2)N1CCCC1CCCO. The van der Waals surface area contributed by atoms with Gasteiger partial charge in [-0.25, -0.2) is 4.79 Å². The van der Waals surface area contributed by atoms with Gasteiger partial charge in [-0.05, 0) is 56.6 Å². The van der Waals surface area contributed by atoms with Gasteiger partial charge in [0, 0.05) is 19.2 Å². The van der Waals surface area contributed by atoms with Crippen LogP contribution in [0.1, 0.15) is 43.4 Å². The first kappa shape index (κ1) is 14.3. The summed E-state index contributed by atoms with van der Waals surface area (Å²) in [6.45, 7) is 0.961. The molecule has 0 aromatic carbocycles. The number of carbonyl (C=O) groups is 1. The Labute approximate surface area is 124 Å². The van der Waals surface area contributed by atoms with Gasteiger partial charge in [-0.3, -0.25) is 5.32 Å². The van der Waals surface area contributed by atoms with Crippen molar-refractivity contribution in [3.8, 4) is 0 Å². The summed E-state index contributed by atoms with van der Waals surface area (Å²) in [5, 5.41) is 20.1. The average Bonchev–Trinajstić information content (AvgIpc) is 3.13. The highest BCUT2D eigenvalue weighted by Gasteiger charge is 2.28. The first-order valence-corrected chi connectivity index (χ1v) is 7.82. The minimum absolute atomic E-state index is 0.0947. The van der Waals surface area contributed by atoms with E-state index in [1.807, 2.05) is 11.0 Å². The van der Waals surface area contributed by atoms with Gasteiger partial charge in [0.25, 0.3) is 0 Å². The predicted octanol–water partition coefficient (Wildman–Crippen LogP) is 1.73. The number of aromatic nitrogens is 2. The van der Waals surface area contributed by atoms with E-state index >= 15 is 0 Å². The monoisotopic (exact) mass is 290 g/mol. The molecule has 21 heavy (non-hydrogen) atoms. The average molecular weight is 290 g/mol. The number of nitrogens with one attached hydrogen (secondary N) is 1. The highest BCUT2D eigenvalue weighted by atomic mass is 16.3. The van der Waals surface area contributed by atoms with Crippen LogP contribution in [0.15, 0.2) is 6.07 Å². The molecule has 6 heteroatoms. The van der Waals surface area contributed by atoms with E-state index in [9.17, 15) is 4.79 Å². The van der Waals surface area contributed by atoms with Crippen molar-refractivity contribution < 1.29 is 9.90 Å². The molecule has 0 radical (unpaired) electrons. The summed E-state index contributed by atoms with van der Waals surface area (Å²) in [4.78, 5) is 14.2. The van der Waals surface area contributed by atoms with Crippen LogP contribution in [0.3, 0.4) is 0 Å². The van der Waals surface area contributed by atoms with E-state index in [0.29, 0.717) is 5.82 Å². The zero-order chi connectivity index (χ0) is 14.7. The molecule has 1 aliphatic carbocycles. The molecule has 2 aliphatic rings. The highest BCUT2D eigenvalue weighted by Crippen LogP contribution is 2.24. The molecule has 0 spiro atoms. The van der Waals surface area contributed by atoms with E-state index in [0.717, 1.165) is 57.2 Å². The number of rotatable bonds is 4. The van der Waals surface area contributed by atoms with Crippen LogP contribution < -0.4 is 5.32 Å². The number of aryl methyl sites for hydroxylation is 2. The normalized spacial score (nSPS) is 20.6. The maximum absolute atomic E-state index is 12.4. The zero-order valence-corrected chi connectivity index (χ0v) is 12.2. The van der Waals surface area contributed by atoms with Gasteiger partial charge in [-0.1, -0.05) is 0 Å². The first-order valence-electron chi connectivity index (χ1n) is 7.82. The van der Waals surface area contributed by atoms with Gasteiger partial charge in [0.1, 0.15) is 0 Å². The lowest BCUT2D eigenvalue weighted by molar-refractivity contribution is 0.197. The number of fused-ring (bicyclic) bond motifs is 1. The maximum Gasteiger partial charge on any atom is 0.323 e. The van der Waals surface area contributed by atoms with Gasteiger partial charge >= 0.3 is 6.03 Å². The van der Waals surface area contributed by atoms with Crippen LogP contribution in [0.2, 0.25) is 0 Å². The van der Waals surface area contributed by atoms with Crippen LogP contribution >= 0.6 is 0 Å². The Morgan fingerprint density at radius 3 is 3.14 bits per heavy atom. The van der Waals surface area contributed by atoms with Crippen molar-refractivity contribution in [2.45, 2.75) is 51.0 Å². The smallest absolute Gasteiger partial charge is 0.323 e. The number of nitrogens with zero attached hydrogens (tertiary/aromatic N) is 3. The number of urea groups is 1. The number of carbonyl (C=O) groups excluding carboxylic acids is 1. The largest absolute Gasteiger partial charge is 0.396 e. The van der Waals surface area contributed by atoms with Crippen LogP contribution in [-0.4, -0.2) is 45.4 Å². The minimum atomic E-state index is -0.0947. The summed E-state index contributed by atoms with van der Waals surface area (Å²) in [7, 11) is 0. The van der Waals surface area contributed by atoms with Crippen LogP contribution in [0, 0.1) is 0 Å². The molecule has 1 fully saturated rings. The van der Waals surface area contributed by atoms with Gasteiger partial charge in [0.2, 0.25) is 0 Å². The molecular weight excluding hydrogens is 268 g/mol. The summed E-state index contributed by atoms with van der Waals surface area (Å²) in [5.41, 5.74) is 2.27. The Bertz CT molecular complexity index is 520. The Morgan fingerprint density at radius 1 is 1.38 bits per heavy atom. The Morgan fingerprint density at radius 2 is 2.29 bits per heavy atom. The molecule has 1 aromatic heterocycles. The van der Waals surface area contributed by atoms with Gasteiger partial charge in [0.05, 0.1) is 5.69 Å². The third kappa shape index (κ3) is 3.15. The molecule has 114 valence electrons. The van der Waals surface area contributed by atoms with Crippen molar-refractivity contribution in [2.75, 3.05) is 18.5 Å². The number of aliphatic hydroxyl groups excluding tert-OH is 1. The number of hydrogen-bond donors (Lipinski definition) is 2. The minimum Gasteiger partial charge on any atom is -0.396 e. The summed E-state index contributed by atoms with van der Waals surface area (Å²) in [6.07, 6.45) is 6.79. The second-order valence-corrected chi connectivity index (χ2v) is 5.84. The fraction of sp³-hybridized carbons (Fsp3) is 0.667. The summed E-state index contributed by atoms with van der Waals surface area (Å²) in [6, 6.07) is 2.09. The number of hydrogen-bond acceptors (Lipinski definition) is 4. The van der Waals surface area contributed by atoms with E-state index in [2.05, 4.69) is 15.5 Å². The third-order valence-corrected chi connectivity index (χ3v) is 4.39. The molecule has 6 nitrogen and oxygen atoms in total. The first-order chi connectivity index (χ1) is 10.3. The van der Waals surface area contributed by atoms with Crippen molar-refractivity contribution >= 4 is 11.8 Å². The number of anilines is 1. The quantitative estimate of drug-likeness (QED) is 0.885. The van der Waals surface area contributed by atoms with E-state index in [1.165, 1.54) is 5.56 Å². The number of amides is 2. The van der Waals surface area contributed by atoms with Gasteiger partial charge < -0.3 is 10.0 Å². The zero-order valence-electron chi connectivity index (χ0n) is 12.2. The molecule has 2 amide bonds. The van der Waals surface area contributed by atoms with Gasteiger partial charge in [-0.15, -0.1) is 5.10 Å². The Hall–Kier alpha value is -1.69. The molecule has 1 aliphatic heterocycles. The molecule has 1 atom stereocenters. The molecule has 1 unspecified atom stereocenters. The lowest BCUT2D eigenvalue weighted by Gasteiger charge is -2.24. The molecule has 0 saturated carbocycles. The number of likely N-dealkylation sites (tertiary alicyclic amines) is 1. The van der Waals surface area contributed by atoms with E-state index in [4.69, 9.17) is 5.11 Å². The molecule has 2 heterocycles. The molecule has 1 saturated heterocycles.